The van der Waals surface area contributed by atoms with Crippen molar-refractivity contribution in [1.29, 1.82) is 0 Å². The van der Waals surface area contributed by atoms with Crippen LogP contribution in [0.2, 0.25) is 0 Å². The predicted octanol–water partition coefficient (Wildman–Crippen LogP) is 2.14. The number of carbonyl (C=O) groups is 2. The van der Waals surface area contributed by atoms with Crippen LogP contribution in [0.1, 0.15) is 15.9 Å². The first kappa shape index (κ1) is 21.0. The normalized spacial score (nSPS) is 16.3. The van der Waals surface area contributed by atoms with Crippen LogP contribution in [-0.4, -0.2) is 67.1 Å². The molecule has 1 heterocycles. The molecule has 2 amide bonds. The summed E-state index contributed by atoms with van der Waals surface area (Å²) >= 11 is 0. The van der Waals surface area contributed by atoms with Gasteiger partial charge in [0.05, 0.1) is 12.1 Å². The lowest BCUT2D eigenvalue weighted by Gasteiger charge is -2.34. The van der Waals surface area contributed by atoms with Crippen molar-refractivity contribution in [2.45, 2.75) is 12.4 Å². The first-order valence-electron chi connectivity index (χ1n) is 7.98. The Bertz CT molecular complexity index is 664. The molecular formula is C16H17F6N3O2. The van der Waals surface area contributed by atoms with E-state index in [2.05, 4.69) is 0 Å². The van der Waals surface area contributed by atoms with Crippen LogP contribution >= 0.6 is 0 Å². The molecule has 1 N–H and O–H groups in total. The molecule has 0 atom stereocenters. The molecule has 1 aliphatic rings. The van der Waals surface area contributed by atoms with E-state index >= 15 is 0 Å². The molecule has 0 radical (unpaired) electrons. The summed E-state index contributed by atoms with van der Waals surface area (Å²) in [6.07, 6.45) is -8.97. The summed E-state index contributed by atoms with van der Waals surface area (Å²) in [5.41, 5.74) is -0.742. The number of alkyl halides is 6. The second-order valence-corrected chi connectivity index (χ2v) is 6.04. The fourth-order valence-electron chi connectivity index (χ4n) is 2.55. The third-order valence-corrected chi connectivity index (χ3v) is 3.97. The lowest BCUT2D eigenvalue weighted by molar-refractivity contribution is -0.139. The zero-order valence-corrected chi connectivity index (χ0v) is 14.0. The second kappa shape index (κ2) is 8.15. The van der Waals surface area contributed by atoms with Gasteiger partial charge in [0.25, 0.3) is 5.91 Å². The zero-order chi connectivity index (χ0) is 20.2. The minimum absolute atomic E-state index is 0.111. The molecule has 0 aliphatic carbocycles. The van der Waals surface area contributed by atoms with E-state index in [9.17, 15) is 35.9 Å². The van der Waals surface area contributed by atoms with E-state index in [-0.39, 0.29) is 38.3 Å². The van der Waals surface area contributed by atoms with Crippen LogP contribution in [0.4, 0.5) is 26.3 Å². The summed E-state index contributed by atoms with van der Waals surface area (Å²) in [6, 6.07) is 3.85. The van der Waals surface area contributed by atoms with Crippen molar-refractivity contribution in [1.82, 2.24) is 15.1 Å². The van der Waals surface area contributed by atoms with Crippen LogP contribution in [0.5, 0.6) is 0 Å². The highest BCUT2D eigenvalue weighted by Gasteiger charge is 2.31. The predicted molar refractivity (Wildman–Crippen MR) is 82.9 cm³/mol. The van der Waals surface area contributed by atoms with Crippen LogP contribution in [0.25, 0.3) is 0 Å². The molecule has 5 nitrogen and oxygen atoms in total. The molecule has 1 fully saturated rings. The smallest absolute Gasteiger partial charge is 0.346 e. The Balaban J connectivity index is 1.83. The van der Waals surface area contributed by atoms with Gasteiger partial charge in [0.2, 0.25) is 5.91 Å². The molecule has 0 spiro atoms. The monoisotopic (exact) mass is 397 g/mol. The van der Waals surface area contributed by atoms with Gasteiger partial charge in [-0.25, -0.2) is 0 Å². The molecule has 150 valence electrons. The standard InChI is InChI=1S/C16H17F6N3O2/c17-15(18,19)10-23-13(26)9-24-5-7-25(8-6-24)14(27)11-1-3-12(4-2-11)16(20,21)22/h1-4H,5-10H2,(H,23,26). The number of benzene rings is 1. The molecule has 0 aromatic heterocycles. The molecule has 1 aliphatic heterocycles. The minimum Gasteiger partial charge on any atom is -0.346 e. The average molecular weight is 397 g/mol. The Kier molecular flexibility index (Phi) is 6.34. The lowest BCUT2D eigenvalue weighted by Crippen LogP contribution is -2.51. The number of piperazine rings is 1. The van der Waals surface area contributed by atoms with Crippen molar-refractivity contribution in [3.8, 4) is 0 Å². The molecule has 2 rings (SSSR count). The Morgan fingerprint density at radius 2 is 1.48 bits per heavy atom. The number of amides is 2. The highest BCUT2D eigenvalue weighted by molar-refractivity contribution is 5.94. The summed E-state index contributed by atoms with van der Waals surface area (Å²) in [5.74, 6) is -1.21. The SMILES string of the molecule is O=C(CN1CCN(C(=O)c2ccc(C(F)(F)F)cc2)CC1)NCC(F)(F)F. The van der Waals surface area contributed by atoms with Gasteiger partial charge in [-0.15, -0.1) is 0 Å². The Morgan fingerprint density at radius 1 is 0.926 bits per heavy atom. The van der Waals surface area contributed by atoms with Crippen LogP contribution < -0.4 is 5.32 Å². The Morgan fingerprint density at radius 3 is 1.96 bits per heavy atom. The van der Waals surface area contributed by atoms with Gasteiger partial charge in [0.1, 0.15) is 6.54 Å². The molecule has 11 heteroatoms. The molecule has 0 unspecified atom stereocenters. The van der Waals surface area contributed by atoms with E-state index in [0.29, 0.717) is 0 Å². The van der Waals surface area contributed by atoms with Crippen LogP contribution in [0.3, 0.4) is 0 Å². The average Bonchev–Trinajstić information content (AvgIpc) is 2.59. The lowest BCUT2D eigenvalue weighted by atomic mass is 10.1. The molecule has 1 saturated heterocycles. The van der Waals surface area contributed by atoms with Crippen molar-refractivity contribution < 1.29 is 35.9 Å². The summed E-state index contributed by atoms with van der Waals surface area (Å²) in [6.45, 7) is -0.660. The number of halogens is 6. The molecule has 0 saturated carbocycles. The van der Waals surface area contributed by atoms with Gasteiger partial charge in [-0.3, -0.25) is 14.5 Å². The molecule has 1 aromatic rings. The zero-order valence-electron chi connectivity index (χ0n) is 14.0. The molecule has 27 heavy (non-hydrogen) atoms. The van der Waals surface area contributed by atoms with Crippen LogP contribution in [-0.2, 0) is 11.0 Å². The first-order valence-corrected chi connectivity index (χ1v) is 7.98. The van der Waals surface area contributed by atoms with Gasteiger partial charge in [-0.2, -0.15) is 26.3 Å². The van der Waals surface area contributed by atoms with Gasteiger partial charge in [0.15, 0.2) is 0 Å². The summed E-state index contributed by atoms with van der Waals surface area (Å²) < 4.78 is 73.8. The van der Waals surface area contributed by atoms with E-state index in [1.807, 2.05) is 0 Å². The maximum atomic E-state index is 12.5. The van der Waals surface area contributed by atoms with Gasteiger partial charge in [0, 0.05) is 31.7 Å². The molecule has 1 aromatic carbocycles. The second-order valence-electron chi connectivity index (χ2n) is 6.04. The number of nitrogens with one attached hydrogen (secondary N) is 1. The van der Waals surface area contributed by atoms with E-state index in [1.165, 1.54) is 4.90 Å². The van der Waals surface area contributed by atoms with Gasteiger partial charge in [-0.05, 0) is 24.3 Å². The fraction of sp³-hybridized carbons (Fsp3) is 0.500. The Hall–Kier alpha value is -2.30. The number of hydrogen-bond donors (Lipinski definition) is 1. The number of hydrogen-bond acceptors (Lipinski definition) is 3. The van der Waals surface area contributed by atoms with Crippen molar-refractivity contribution in [2.24, 2.45) is 0 Å². The Labute approximate surface area is 150 Å². The van der Waals surface area contributed by atoms with Crippen LogP contribution in [0, 0.1) is 0 Å². The first-order chi connectivity index (χ1) is 12.5. The largest absolute Gasteiger partial charge is 0.416 e. The van der Waals surface area contributed by atoms with Gasteiger partial charge >= 0.3 is 12.4 Å². The molecular weight excluding hydrogens is 380 g/mol. The quantitative estimate of drug-likeness (QED) is 0.793. The summed E-state index contributed by atoms with van der Waals surface area (Å²) in [7, 11) is 0. The minimum atomic E-state index is -4.49. The maximum absolute atomic E-state index is 12.5. The van der Waals surface area contributed by atoms with Crippen molar-refractivity contribution in [3.05, 3.63) is 35.4 Å². The van der Waals surface area contributed by atoms with Crippen molar-refractivity contribution in [3.63, 3.8) is 0 Å². The number of rotatable bonds is 4. The van der Waals surface area contributed by atoms with Gasteiger partial charge < -0.3 is 10.2 Å². The fourth-order valence-corrected chi connectivity index (χ4v) is 2.55. The summed E-state index contributed by atoms with van der Waals surface area (Å²) in [5, 5.41) is 1.77. The maximum Gasteiger partial charge on any atom is 0.416 e. The highest BCUT2D eigenvalue weighted by Crippen LogP contribution is 2.29. The van der Waals surface area contributed by atoms with Crippen molar-refractivity contribution >= 4 is 11.8 Å². The van der Waals surface area contributed by atoms with Gasteiger partial charge in [-0.1, -0.05) is 0 Å². The number of nitrogens with zero attached hydrogens (tertiary/aromatic N) is 2. The van der Waals surface area contributed by atoms with E-state index in [4.69, 9.17) is 0 Å². The van der Waals surface area contributed by atoms with E-state index in [0.717, 1.165) is 24.3 Å². The van der Waals surface area contributed by atoms with Crippen LogP contribution in [0.15, 0.2) is 24.3 Å². The van der Waals surface area contributed by atoms with E-state index in [1.54, 1.807) is 10.2 Å². The van der Waals surface area contributed by atoms with Crippen molar-refractivity contribution in [2.75, 3.05) is 39.3 Å². The van der Waals surface area contributed by atoms with E-state index < -0.39 is 36.3 Å². The highest BCUT2D eigenvalue weighted by atomic mass is 19.4. The number of carbonyl (C=O) groups excluding carboxylic acids is 2. The third kappa shape index (κ3) is 6.42. The summed E-state index contributed by atoms with van der Waals surface area (Å²) in [4.78, 5) is 26.8. The topological polar surface area (TPSA) is 52.7 Å². The third-order valence-electron chi connectivity index (χ3n) is 3.97. The molecule has 0 bridgehead atoms.